The third-order valence-electron chi connectivity index (χ3n) is 7.04. The maximum atomic E-state index is 15.3. The van der Waals surface area contributed by atoms with Crippen molar-refractivity contribution in [1.82, 2.24) is 19.2 Å². The minimum Gasteiger partial charge on any atom is -0.481 e. The zero-order chi connectivity index (χ0) is 30.1. The number of aromatic nitrogens is 4. The van der Waals surface area contributed by atoms with Gasteiger partial charge in [0.1, 0.15) is 11.3 Å². The third-order valence-corrected chi connectivity index (χ3v) is 7.04. The molecule has 10 heteroatoms. The third kappa shape index (κ3) is 5.38. The van der Waals surface area contributed by atoms with Gasteiger partial charge in [-0.05, 0) is 78.2 Å². The first-order valence-corrected chi connectivity index (χ1v) is 13.3. The maximum absolute atomic E-state index is 15.3. The number of carbonyl (C=O) groups is 1. The van der Waals surface area contributed by atoms with Gasteiger partial charge in [-0.25, -0.2) is 18.3 Å². The van der Waals surface area contributed by atoms with Crippen molar-refractivity contribution < 1.29 is 23.0 Å². The van der Waals surface area contributed by atoms with Crippen molar-refractivity contribution in [3.63, 3.8) is 0 Å². The fraction of sp³-hybridized carbons (Fsp3) is 0.0909. The van der Waals surface area contributed by atoms with E-state index in [1.807, 2.05) is 12.1 Å². The van der Waals surface area contributed by atoms with Crippen molar-refractivity contribution in [2.45, 2.75) is 13.3 Å². The van der Waals surface area contributed by atoms with Gasteiger partial charge >= 0.3 is 0 Å². The van der Waals surface area contributed by atoms with Gasteiger partial charge in [-0.2, -0.15) is 5.10 Å². The number of methoxy groups -OCH3 is 1. The van der Waals surface area contributed by atoms with Crippen LogP contribution in [0.3, 0.4) is 0 Å². The van der Waals surface area contributed by atoms with Crippen LogP contribution in [-0.4, -0.2) is 32.1 Å². The first-order chi connectivity index (χ1) is 20.8. The van der Waals surface area contributed by atoms with E-state index in [-0.39, 0.29) is 17.7 Å². The molecule has 6 rings (SSSR count). The molecule has 0 amide bonds. The fourth-order valence-electron chi connectivity index (χ4n) is 4.92. The molecule has 0 aliphatic rings. The molecule has 6 aromatic rings. The molecule has 0 aliphatic carbocycles. The molecule has 0 saturated heterocycles. The first-order valence-electron chi connectivity index (χ1n) is 13.3. The van der Waals surface area contributed by atoms with Gasteiger partial charge in [0.05, 0.1) is 18.9 Å². The molecule has 0 fully saturated rings. The maximum Gasteiger partial charge on any atom is 0.266 e. The smallest absolute Gasteiger partial charge is 0.266 e. The van der Waals surface area contributed by atoms with E-state index in [1.54, 1.807) is 54.3 Å². The van der Waals surface area contributed by atoms with Crippen LogP contribution < -0.4 is 15.0 Å². The van der Waals surface area contributed by atoms with Crippen molar-refractivity contribution in [1.29, 1.82) is 0 Å². The van der Waals surface area contributed by atoms with E-state index in [0.29, 0.717) is 34.0 Å². The summed E-state index contributed by atoms with van der Waals surface area (Å²) in [6, 6.07) is 18.4. The van der Waals surface area contributed by atoms with Gasteiger partial charge in [-0.1, -0.05) is 6.07 Å². The Kier molecular flexibility index (Phi) is 7.25. The largest absolute Gasteiger partial charge is 0.481 e. The van der Waals surface area contributed by atoms with Crippen LogP contribution in [-0.2, 0) is 6.42 Å². The lowest BCUT2D eigenvalue weighted by atomic mass is 10.0. The highest BCUT2D eigenvalue weighted by molar-refractivity contribution is 5.98. The van der Waals surface area contributed by atoms with E-state index in [2.05, 4.69) is 10.1 Å². The number of benzene rings is 2. The lowest BCUT2D eigenvalue weighted by Crippen LogP contribution is -2.27. The number of hydrogen-bond acceptors (Lipinski definition) is 6. The normalized spacial score (nSPS) is 11.1. The van der Waals surface area contributed by atoms with Crippen molar-refractivity contribution in [3.8, 4) is 34.2 Å². The summed E-state index contributed by atoms with van der Waals surface area (Å²) in [5.41, 5.74) is 2.96. The monoisotopic (exact) mass is 578 g/mol. The summed E-state index contributed by atoms with van der Waals surface area (Å²) in [7, 11) is 1.53. The van der Waals surface area contributed by atoms with Crippen LogP contribution in [0.15, 0.2) is 102 Å². The second-order valence-corrected chi connectivity index (χ2v) is 9.80. The van der Waals surface area contributed by atoms with Gasteiger partial charge in [0.15, 0.2) is 23.1 Å². The van der Waals surface area contributed by atoms with Gasteiger partial charge in [0, 0.05) is 48.4 Å². The number of halogens is 2. The van der Waals surface area contributed by atoms with E-state index in [0.717, 1.165) is 11.1 Å². The van der Waals surface area contributed by atoms with Crippen LogP contribution in [0.4, 0.5) is 8.78 Å². The minimum atomic E-state index is -0.674. The summed E-state index contributed by atoms with van der Waals surface area (Å²) in [5, 5.41) is 4.33. The average Bonchev–Trinajstić information content (AvgIpc) is 3.45. The topological polar surface area (TPSA) is 87.7 Å². The van der Waals surface area contributed by atoms with E-state index in [1.165, 1.54) is 54.3 Å². The van der Waals surface area contributed by atoms with Gasteiger partial charge in [0.25, 0.3) is 5.56 Å². The predicted molar refractivity (Wildman–Crippen MR) is 156 cm³/mol. The molecule has 0 aliphatic heterocycles. The highest BCUT2D eigenvalue weighted by atomic mass is 19.1. The zero-order valence-corrected chi connectivity index (χ0v) is 23.1. The summed E-state index contributed by atoms with van der Waals surface area (Å²) < 4.78 is 42.9. The summed E-state index contributed by atoms with van der Waals surface area (Å²) >= 11 is 0. The Hall–Kier alpha value is -5.64. The van der Waals surface area contributed by atoms with Gasteiger partial charge in [-0.15, -0.1) is 0 Å². The number of nitrogens with zero attached hydrogens (tertiary/aromatic N) is 4. The molecule has 0 bridgehead atoms. The molecule has 43 heavy (non-hydrogen) atoms. The van der Waals surface area contributed by atoms with Crippen molar-refractivity contribution in [3.05, 3.63) is 136 Å². The first kappa shape index (κ1) is 27.5. The summed E-state index contributed by atoms with van der Waals surface area (Å²) in [4.78, 5) is 30.6. The molecule has 8 nitrogen and oxygen atoms in total. The van der Waals surface area contributed by atoms with E-state index < -0.39 is 23.0 Å². The number of ether oxygens (including phenoxy) is 2. The molecule has 2 aromatic carbocycles. The van der Waals surface area contributed by atoms with Crippen molar-refractivity contribution in [2.75, 3.05) is 7.11 Å². The molecule has 0 radical (unpaired) electrons. The lowest BCUT2D eigenvalue weighted by molar-refractivity contribution is 0.0990. The van der Waals surface area contributed by atoms with Crippen molar-refractivity contribution in [2.24, 2.45) is 0 Å². The van der Waals surface area contributed by atoms with Crippen LogP contribution in [0.2, 0.25) is 0 Å². The summed E-state index contributed by atoms with van der Waals surface area (Å²) in [6.07, 6.45) is 6.28. The van der Waals surface area contributed by atoms with E-state index in [9.17, 15) is 14.0 Å². The standard InChI is InChI=1S/C33H24F2N4O4/c1-20-11-15-38(24-6-4-23(34)5-7-24)33(41)31(20)27(40)18-21-3-8-28(26(35)17-21)43-29-10-14-37-39-16-12-25(32(29)39)22-9-13-36-30(19-22)42-2/h3-17,19H,18H2,1-2H3. The van der Waals surface area contributed by atoms with Crippen LogP contribution in [0.25, 0.3) is 22.3 Å². The lowest BCUT2D eigenvalue weighted by Gasteiger charge is -2.12. The highest BCUT2D eigenvalue weighted by Gasteiger charge is 2.19. The van der Waals surface area contributed by atoms with Gasteiger partial charge in [-0.3, -0.25) is 14.2 Å². The van der Waals surface area contributed by atoms with Gasteiger partial charge in [0.2, 0.25) is 5.88 Å². The summed E-state index contributed by atoms with van der Waals surface area (Å²) in [6.45, 7) is 1.66. The number of ketones is 1. The number of rotatable bonds is 8. The fourth-order valence-corrected chi connectivity index (χ4v) is 4.92. The number of Topliss-reactive ketones (excluding diaryl/α,β-unsaturated/α-hetero) is 1. The second kappa shape index (κ2) is 11.3. The molecule has 0 atom stereocenters. The van der Waals surface area contributed by atoms with Crippen LogP contribution in [0, 0.1) is 18.6 Å². The predicted octanol–water partition coefficient (Wildman–Crippen LogP) is 6.36. The average molecular weight is 579 g/mol. The molecular formula is C33H24F2N4O4. The Morgan fingerprint density at radius 1 is 0.907 bits per heavy atom. The molecule has 0 saturated carbocycles. The molecule has 214 valence electrons. The Morgan fingerprint density at radius 2 is 1.72 bits per heavy atom. The number of carbonyl (C=O) groups excluding carboxylic acids is 1. The van der Waals surface area contributed by atoms with Crippen LogP contribution >= 0.6 is 0 Å². The number of fused-ring (bicyclic) bond motifs is 1. The Balaban J connectivity index is 1.27. The quantitative estimate of drug-likeness (QED) is 0.195. The van der Waals surface area contributed by atoms with Crippen molar-refractivity contribution >= 4 is 11.3 Å². The summed E-state index contributed by atoms with van der Waals surface area (Å²) in [5.74, 6) is -0.806. The zero-order valence-electron chi connectivity index (χ0n) is 23.1. The Morgan fingerprint density at radius 3 is 2.49 bits per heavy atom. The highest BCUT2D eigenvalue weighted by Crippen LogP contribution is 2.35. The molecular weight excluding hydrogens is 554 g/mol. The Labute approximate surface area is 244 Å². The van der Waals surface area contributed by atoms with E-state index >= 15 is 4.39 Å². The minimum absolute atomic E-state index is 0.0137. The molecule has 0 N–H and O–H groups in total. The molecule has 4 heterocycles. The number of pyridine rings is 2. The second-order valence-electron chi connectivity index (χ2n) is 9.80. The van der Waals surface area contributed by atoms with Crippen LogP contribution in [0.1, 0.15) is 21.5 Å². The van der Waals surface area contributed by atoms with E-state index in [4.69, 9.17) is 9.47 Å². The molecule has 0 spiro atoms. The van der Waals surface area contributed by atoms with Gasteiger partial charge < -0.3 is 9.47 Å². The Bertz CT molecular complexity index is 2050. The molecule has 0 unspecified atom stereocenters. The van der Waals surface area contributed by atoms with Crippen LogP contribution in [0.5, 0.6) is 17.4 Å². The molecule has 4 aromatic heterocycles. The number of aryl methyl sites for hydroxylation is 1. The SMILES string of the molecule is COc1cc(-c2ccn3nccc(Oc4ccc(CC(=O)c5c(C)ccn(-c6ccc(F)cc6)c5=O)cc4F)c23)ccn1. The number of hydrogen-bond donors (Lipinski definition) is 0.